The average molecular weight is 359 g/mol. The highest BCUT2D eigenvalue weighted by Crippen LogP contribution is 2.31. The molecule has 2 aliphatic rings. The highest BCUT2D eigenvalue weighted by Gasteiger charge is 2.42. The Kier molecular flexibility index (Phi) is 6.53. The maximum Gasteiger partial charge on any atom is 0.408 e. The number of nitrogens with zero attached hydrogens (tertiary/aromatic N) is 2. The molecule has 0 aromatic carbocycles. The molecular weight excluding hydrogens is 330 g/mol. The molecule has 3 atom stereocenters. The van der Waals surface area contributed by atoms with E-state index in [0.717, 1.165) is 32.1 Å². The van der Waals surface area contributed by atoms with Gasteiger partial charge < -0.3 is 15.0 Å². The van der Waals surface area contributed by atoms with E-state index in [1.807, 2.05) is 0 Å². The Morgan fingerprint density at radius 1 is 1.15 bits per heavy atom. The summed E-state index contributed by atoms with van der Waals surface area (Å²) < 4.78 is 5.35. The number of carbonyl (C=O) groups excluding carboxylic acids is 2. The van der Waals surface area contributed by atoms with Gasteiger partial charge in [0.05, 0.1) is 12.1 Å². The van der Waals surface area contributed by atoms with Crippen LogP contribution in [0.3, 0.4) is 0 Å². The number of hydrogen-bond donors (Lipinski definition) is 1. The van der Waals surface area contributed by atoms with Crippen molar-refractivity contribution in [3.63, 3.8) is 0 Å². The minimum absolute atomic E-state index is 0.0436. The van der Waals surface area contributed by atoms with Gasteiger partial charge in [0.1, 0.15) is 17.7 Å². The van der Waals surface area contributed by atoms with Crippen molar-refractivity contribution in [2.24, 2.45) is 5.92 Å². The summed E-state index contributed by atoms with van der Waals surface area (Å²) in [5, 5.41) is 12.2. The van der Waals surface area contributed by atoms with E-state index >= 15 is 0 Å². The van der Waals surface area contributed by atoms with Crippen molar-refractivity contribution in [3.05, 3.63) is 0 Å². The Hall–Kier alpha value is -2.21. The number of ether oxygens (including phenoxy) is 1. The van der Waals surface area contributed by atoms with Gasteiger partial charge in [-0.2, -0.15) is 5.26 Å². The number of carbonyl (C=O) groups is 2. The summed E-state index contributed by atoms with van der Waals surface area (Å²) in [5.41, 5.74) is -0.644. The third-order valence-electron chi connectivity index (χ3n) is 5.04. The van der Waals surface area contributed by atoms with Gasteiger partial charge in [-0.1, -0.05) is 25.2 Å². The van der Waals surface area contributed by atoms with Crippen LogP contribution in [0.5, 0.6) is 0 Å². The molecule has 1 saturated heterocycles. The Morgan fingerprint density at radius 3 is 2.31 bits per heavy atom. The van der Waals surface area contributed by atoms with Gasteiger partial charge in [-0.3, -0.25) is 4.79 Å². The molecule has 6 nitrogen and oxygen atoms in total. The van der Waals surface area contributed by atoms with E-state index in [1.165, 1.54) is 4.90 Å². The van der Waals surface area contributed by atoms with Gasteiger partial charge in [-0.05, 0) is 52.4 Å². The summed E-state index contributed by atoms with van der Waals surface area (Å²) in [6.07, 6.45) is 11.1. The number of terminal acetylenes is 1. The number of rotatable bonds is 3. The molecule has 2 rings (SSSR count). The molecular formula is C20H29N3O3. The van der Waals surface area contributed by atoms with Crippen LogP contribution in [0.1, 0.15) is 65.7 Å². The lowest BCUT2D eigenvalue weighted by atomic mass is 9.83. The maximum atomic E-state index is 13.3. The summed E-state index contributed by atoms with van der Waals surface area (Å²) in [5.74, 6) is 2.41. The van der Waals surface area contributed by atoms with Gasteiger partial charge in [0.2, 0.25) is 5.91 Å². The molecule has 1 N–H and O–H groups in total. The molecule has 2 fully saturated rings. The number of hydrogen-bond acceptors (Lipinski definition) is 4. The largest absolute Gasteiger partial charge is 0.444 e. The van der Waals surface area contributed by atoms with E-state index in [2.05, 4.69) is 17.3 Å². The van der Waals surface area contributed by atoms with E-state index in [0.29, 0.717) is 12.8 Å². The number of likely N-dealkylation sites (tertiary alicyclic amines) is 1. The quantitative estimate of drug-likeness (QED) is 0.785. The van der Waals surface area contributed by atoms with E-state index in [1.54, 1.807) is 20.8 Å². The molecule has 0 radical (unpaired) electrons. The summed E-state index contributed by atoms with van der Waals surface area (Å²) >= 11 is 0. The number of nitrogens with one attached hydrogen (secondary N) is 1. The molecule has 0 aromatic rings. The molecule has 142 valence electrons. The second-order valence-electron chi connectivity index (χ2n) is 8.17. The van der Waals surface area contributed by atoms with Gasteiger partial charge in [0.15, 0.2) is 0 Å². The van der Waals surface area contributed by atoms with Crippen LogP contribution in [0.2, 0.25) is 0 Å². The lowest BCUT2D eigenvalue weighted by molar-refractivity contribution is -0.136. The molecule has 1 aliphatic carbocycles. The first-order valence-electron chi connectivity index (χ1n) is 9.44. The van der Waals surface area contributed by atoms with Gasteiger partial charge in [-0.15, -0.1) is 6.42 Å². The fraction of sp³-hybridized carbons (Fsp3) is 0.750. The minimum atomic E-state index is -0.699. The fourth-order valence-corrected chi connectivity index (χ4v) is 3.85. The topological polar surface area (TPSA) is 82.4 Å². The van der Waals surface area contributed by atoms with Crippen LogP contribution in [0.25, 0.3) is 0 Å². The van der Waals surface area contributed by atoms with Crippen molar-refractivity contribution in [2.45, 2.75) is 89.4 Å². The number of amides is 2. The first-order chi connectivity index (χ1) is 12.3. The average Bonchev–Trinajstić information content (AvgIpc) is 3.01. The molecule has 0 bridgehead atoms. The zero-order valence-electron chi connectivity index (χ0n) is 16.0. The van der Waals surface area contributed by atoms with Crippen LogP contribution in [0, 0.1) is 29.6 Å². The predicted octanol–water partition coefficient (Wildman–Crippen LogP) is 2.98. The van der Waals surface area contributed by atoms with Gasteiger partial charge in [0.25, 0.3) is 0 Å². The van der Waals surface area contributed by atoms with E-state index in [-0.39, 0.29) is 11.8 Å². The monoisotopic (exact) mass is 359 g/mol. The molecule has 0 aromatic heterocycles. The fourth-order valence-electron chi connectivity index (χ4n) is 3.85. The Labute approximate surface area is 156 Å². The van der Waals surface area contributed by atoms with Gasteiger partial charge in [-0.25, -0.2) is 4.79 Å². The normalized spacial score (nSPS) is 25.0. The lowest BCUT2D eigenvalue weighted by Crippen LogP contribution is -2.56. The zero-order chi connectivity index (χ0) is 19.3. The van der Waals surface area contributed by atoms with Crippen LogP contribution in [-0.2, 0) is 9.53 Å². The highest BCUT2D eigenvalue weighted by atomic mass is 16.6. The molecule has 6 heteroatoms. The highest BCUT2D eigenvalue weighted by molar-refractivity contribution is 5.87. The zero-order valence-corrected chi connectivity index (χ0v) is 16.0. The van der Waals surface area contributed by atoms with Gasteiger partial charge >= 0.3 is 6.09 Å². The molecule has 1 heterocycles. The summed E-state index contributed by atoms with van der Waals surface area (Å²) in [6, 6.07) is 0.553. The smallest absolute Gasteiger partial charge is 0.408 e. The summed E-state index contributed by atoms with van der Waals surface area (Å²) in [7, 11) is 0. The van der Waals surface area contributed by atoms with Crippen molar-refractivity contribution in [1.82, 2.24) is 10.2 Å². The summed E-state index contributed by atoms with van der Waals surface area (Å²) in [6.45, 7) is 5.35. The van der Waals surface area contributed by atoms with Crippen molar-refractivity contribution in [1.29, 1.82) is 5.26 Å². The van der Waals surface area contributed by atoms with Crippen LogP contribution < -0.4 is 5.32 Å². The Bertz CT molecular complexity index is 583. The lowest BCUT2D eigenvalue weighted by Gasteiger charge is -2.35. The van der Waals surface area contributed by atoms with Crippen molar-refractivity contribution in [2.75, 3.05) is 0 Å². The Balaban J connectivity index is 2.21. The van der Waals surface area contributed by atoms with E-state index in [4.69, 9.17) is 11.2 Å². The maximum absolute atomic E-state index is 13.3. The molecule has 0 spiro atoms. The first kappa shape index (κ1) is 20.1. The van der Waals surface area contributed by atoms with Crippen molar-refractivity contribution in [3.8, 4) is 18.4 Å². The van der Waals surface area contributed by atoms with Crippen LogP contribution in [0.4, 0.5) is 4.79 Å². The second-order valence-corrected chi connectivity index (χ2v) is 8.17. The number of nitriles is 1. The van der Waals surface area contributed by atoms with Crippen LogP contribution in [0.15, 0.2) is 0 Å². The first-order valence-corrected chi connectivity index (χ1v) is 9.44. The third kappa shape index (κ3) is 4.91. The predicted molar refractivity (Wildman–Crippen MR) is 97.8 cm³/mol. The molecule has 26 heavy (non-hydrogen) atoms. The van der Waals surface area contributed by atoms with Crippen LogP contribution >= 0.6 is 0 Å². The van der Waals surface area contributed by atoms with Crippen LogP contribution in [-0.4, -0.2) is 40.6 Å². The summed E-state index contributed by atoms with van der Waals surface area (Å²) in [4.78, 5) is 27.1. The molecule has 1 unspecified atom stereocenters. The van der Waals surface area contributed by atoms with E-state index in [9.17, 15) is 14.9 Å². The third-order valence-corrected chi connectivity index (χ3v) is 5.04. The second kappa shape index (κ2) is 8.45. The minimum Gasteiger partial charge on any atom is -0.444 e. The Morgan fingerprint density at radius 2 is 1.77 bits per heavy atom. The standard InChI is InChI=1S/C20H29N3O3/c1-5-15-11-12-16(13-21)23(15)18(24)17(14-9-7-6-8-10-14)22-19(25)26-20(2,3)4/h1,14-17H,6-12H2,2-4H3,(H,22,25)/t15-,16-,17?/m0/s1. The van der Waals surface area contributed by atoms with Gasteiger partial charge in [0, 0.05) is 0 Å². The van der Waals surface area contributed by atoms with Crippen molar-refractivity contribution >= 4 is 12.0 Å². The molecule has 1 saturated carbocycles. The molecule has 2 amide bonds. The molecule has 1 aliphatic heterocycles. The van der Waals surface area contributed by atoms with E-state index < -0.39 is 29.8 Å². The number of alkyl carbamates (subject to hydrolysis) is 1. The SMILES string of the molecule is C#C[C@H]1CC[C@@H](C#N)N1C(=O)C(NC(=O)OC(C)(C)C)C1CCCCC1. The van der Waals surface area contributed by atoms with Crippen molar-refractivity contribution < 1.29 is 14.3 Å².